The van der Waals surface area contributed by atoms with Crippen LogP contribution in [0.4, 0.5) is 5.69 Å². The molecule has 0 aliphatic carbocycles. The maximum atomic E-state index is 5.73. The fraction of sp³-hybridized carbons (Fsp3) is 0.429. The highest BCUT2D eigenvalue weighted by Crippen LogP contribution is 2.23. The van der Waals surface area contributed by atoms with E-state index < -0.39 is 0 Å². The first-order chi connectivity index (χ1) is 9.67. The van der Waals surface area contributed by atoms with E-state index in [4.69, 9.17) is 5.84 Å². The van der Waals surface area contributed by atoms with Gasteiger partial charge in [-0.2, -0.15) is 0 Å². The third kappa shape index (κ3) is 2.97. The van der Waals surface area contributed by atoms with Gasteiger partial charge in [-0.1, -0.05) is 24.3 Å². The van der Waals surface area contributed by atoms with Crippen molar-refractivity contribution in [3.05, 3.63) is 41.7 Å². The minimum absolute atomic E-state index is 0.104. The Morgan fingerprint density at radius 2 is 2.00 bits per heavy atom. The van der Waals surface area contributed by atoms with Crippen molar-refractivity contribution in [2.45, 2.75) is 25.9 Å². The van der Waals surface area contributed by atoms with Gasteiger partial charge in [0.25, 0.3) is 0 Å². The van der Waals surface area contributed by atoms with E-state index in [0.29, 0.717) is 0 Å². The maximum Gasteiger partial charge on any atom is 0.0894 e. The summed E-state index contributed by atoms with van der Waals surface area (Å²) in [4.78, 5) is 2.07. The average molecular weight is 274 g/mol. The first-order valence-electron chi connectivity index (χ1n) is 6.79. The smallest absolute Gasteiger partial charge is 0.0894 e. The highest BCUT2D eigenvalue weighted by Gasteiger charge is 2.17. The second kappa shape index (κ2) is 6.49. The molecule has 1 unspecified atom stereocenters. The normalized spacial score (nSPS) is 12.4. The molecule has 0 fully saturated rings. The van der Waals surface area contributed by atoms with Crippen LogP contribution in [0.5, 0.6) is 0 Å². The van der Waals surface area contributed by atoms with Crippen molar-refractivity contribution in [3.63, 3.8) is 0 Å². The number of hydrogen-bond donors (Lipinski definition) is 2. The lowest BCUT2D eigenvalue weighted by Gasteiger charge is -2.19. The molecular weight excluding hydrogens is 252 g/mol. The highest BCUT2D eigenvalue weighted by molar-refractivity contribution is 5.47. The Bertz CT molecular complexity index is 531. The van der Waals surface area contributed by atoms with Crippen LogP contribution < -0.4 is 16.2 Å². The SMILES string of the molecule is CCCn1nncc1C(NN)c1ccc(N(C)C)cc1. The zero-order valence-corrected chi connectivity index (χ0v) is 12.2. The molecule has 0 radical (unpaired) electrons. The van der Waals surface area contributed by atoms with Gasteiger partial charge in [-0.25, -0.2) is 10.1 Å². The number of rotatable bonds is 6. The van der Waals surface area contributed by atoms with Gasteiger partial charge < -0.3 is 4.90 Å². The van der Waals surface area contributed by atoms with E-state index in [1.165, 1.54) is 0 Å². The van der Waals surface area contributed by atoms with Crippen molar-refractivity contribution in [2.75, 3.05) is 19.0 Å². The van der Waals surface area contributed by atoms with Crippen LogP contribution >= 0.6 is 0 Å². The van der Waals surface area contributed by atoms with Crippen LogP contribution in [0.2, 0.25) is 0 Å². The van der Waals surface area contributed by atoms with Crippen LogP contribution in [-0.4, -0.2) is 29.1 Å². The number of nitrogens with zero attached hydrogens (tertiary/aromatic N) is 4. The van der Waals surface area contributed by atoms with Gasteiger partial charge in [0, 0.05) is 26.3 Å². The molecule has 1 aromatic carbocycles. The Morgan fingerprint density at radius 1 is 1.30 bits per heavy atom. The van der Waals surface area contributed by atoms with Crippen LogP contribution in [0, 0.1) is 0 Å². The number of aryl methyl sites for hydroxylation is 1. The molecule has 2 rings (SSSR count). The van der Waals surface area contributed by atoms with Gasteiger partial charge in [0.05, 0.1) is 17.9 Å². The first-order valence-corrected chi connectivity index (χ1v) is 6.79. The van der Waals surface area contributed by atoms with Crippen molar-refractivity contribution >= 4 is 5.69 Å². The molecule has 1 heterocycles. The zero-order chi connectivity index (χ0) is 14.5. The van der Waals surface area contributed by atoms with E-state index in [1.54, 1.807) is 6.20 Å². The monoisotopic (exact) mass is 274 g/mol. The molecule has 0 aliphatic rings. The summed E-state index contributed by atoms with van der Waals surface area (Å²) in [6.07, 6.45) is 2.77. The van der Waals surface area contributed by atoms with Crippen molar-refractivity contribution in [3.8, 4) is 0 Å². The molecule has 20 heavy (non-hydrogen) atoms. The van der Waals surface area contributed by atoms with Gasteiger partial charge >= 0.3 is 0 Å². The second-order valence-corrected chi connectivity index (χ2v) is 4.97. The lowest BCUT2D eigenvalue weighted by molar-refractivity contribution is 0.512. The number of anilines is 1. The Labute approximate surface area is 119 Å². The van der Waals surface area contributed by atoms with Crippen LogP contribution in [0.1, 0.15) is 30.6 Å². The van der Waals surface area contributed by atoms with E-state index in [2.05, 4.69) is 51.8 Å². The summed E-state index contributed by atoms with van der Waals surface area (Å²) in [5, 5.41) is 8.10. The molecule has 2 aromatic rings. The van der Waals surface area contributed by atoms with Crippen LogP contribution in [0.15, 0.2) is 30.5 Å². The van der Waals surface area contributed by atoms with E-state index in [1.807, 2.05) is 18.8 Å². The summed E-state index contributed by atoms with van der Waals surface area (Å²) in [5.41, 5.74) is 6.08. The quantitative estimate of drug-likeness (QED) is 0.614. The van der Waals surface area contributed by atoms with E-state index >= 15 is 0 Å². The topological polar surface area (TPSA) is 72.0 Å². The molecule has 0 saturated carbocycles. The Morgan fingerprint density at radius 3 is 2.55 bits per heavy atom. The van der Waals surface area contributed by atoms with Crippen molar-refractivity contribution in [2.24, 2.45) is 5.84 Å². The number of benzene rings is 1. The fourth-order valence-corrected chi connectivity index (χ4v) is 2.19. The number of nitrogens with one attached hydrogen (secondary N) is 1. The summed E-state index contributed by atoms with van der Waals surface area (Å²) in [6.45, 7) is 2.95. The van der Waals surface area contributed by atoms with Gasteiger partial charge in [0.2, 0.25) is 0 Å². The average Bonchev–Trinajstić information content (AvgIpc) is 2.89. The zero-order valence-electron chi connectivity index (χ0n) is 12.2. The Balaban J connectivity index is 2.29. The van der Waals surface area contributed by atoms with Crippen LogP contribution in [0.3, 0.4) is 0 Å². The van der Waals surface area contributed by atoms with Gasteiger partial charge in [-0.3, -0.25) is 5.84 Å². The summed E-state index contributed by atoms with van der Waals surface area (Å²) in [6, 6.07) is 8.20. The maximum absolute atomic E-state index is 5.73. The van der Waals surface area contributed by atoms with E-state index in [9.17, 15) is 0 Å². The standard InChI is InChI=1S/C14H22N6/c1-4-9-20-13(10-16-18-20)14(17-15)11-5-7-12(8-6-11)19(2)3/h5-8,10,14,17H,4,9,15H2,1-3H3. The summed E-state index contributed by atoms with van der Waals surface area (Å²) in [7, 11) is 4.04. The third-order valence-corrected chi connectivity index (χ3v) is 3.29. The predicted molar refractivity (Wildman–Crippen MR) is 80.2 cm³/mol. The van der Waals surface area contributed by atoms with Gasteiger partial charge in [0.15, 0.2) is 0 Å². The number of hydrazine groups is 1. The molecule has 0 bridgehead atoms. The van der Waals surface area contributed by atoms with Gasteiger partial charge in [0.1, 0.15) is 0 Å². The van der Waals surface area contributed by atoms with Crippen LogP contribution in [0.25, 0.3) is 0 Å². The van der Waals surface area contributed by atoms with Gasteiger partial charge in [-0.15, -0.1) is 5.10 Å². The third-order valence-electron chi connectivity index (χ3n) is 3.29. The molecule has 6 nitrogen and oxygen atoms in total. The molecule has 0 saturated heterocycles. The molecule has 0 amide bonds. The Kier molecular flexibility index (Phi) is 4.70. The largest absolute Gasteiger partial charge is 0.378 e. The first kappa shape index (κ1) is 14.5. The lowest BCUT2D eigenvalue weighted by atomic mass is 10.0. The fourth-order valence-electron chi connectivity index (χ4n) is 2.19. The van der Waals surface area contributed by atoms with Crippen molar-refractivity contribution in [1.29, 1.82) is 0 Å². The summed E-state index contributed by atoms with van der Waals surface area (Å²) in [5.74, 6) is 5.73. The molecule has 6 heteroatoms. The van der Waals surface area contributed by atoms with Crippen molar-refractivity contribution in [1.82, 2.24) is 20.4 Å². The van der Waals surface area contributed by atoms with Gasteiger partial charge in [-0.05, 0) is 24.1 Å². The molecule has 0 spiro atoms. The molecule has 108 valence electrons. The van der Waals surface area contributed by atoms with E-state index in [0.717, 1.165) is 29.9 Å². The number of nitrogens with two attached hydrogens (primary N) is 1. The van der Waals surface area contributed by atoms with Crippen molar-refractivity contribution < 1.29 is 0 Å². The molecule has 1 aromatic heterocycles. The van der Waals surface area contributed by atoms with E-state index in [-0.39, 0.29) is 6.04 Å². The minimum atomic E-state index is -0.104. The minimum Gasteiger partial charge on any atom is -0.378 e. The molecule has 0 aliphatic heterocycles. The molecule has 3 N–H and O–H groups in total. The summed E-state index contributed by atoms with van der Waals surface area (Å²) >= 11 is 0. The molecule has 1 atom stereocenters. The number of hydrogen-bond acceptors (Lipinski definition) is 5. The molecular formula is C14H22N6. The van der Waals surface area contributed by atoms with Crippen LogP contribution in [-0.2, 0) is 6.54 Å². The summed E-state index contributed by atoms with van der Waals surface area (Å²) < 4.78 is 1.89. The number of aromatic nitrogens is 3. The predicted octanol–water partition coefficient (Wildman–Crippen LogP) is 1.31. The Hall–Kier alpha value is -1.92. The lowest BCUT2D eigenvalue weighted by Crippen LogP contribution is -2.30. The highest BCUT2D eigenvalue weighted by atomic mass is 15.4. The second-order valence-electron chi connectivity index (χ2n) is 4.97.